The average Bonchev–Trinajstić information content (AvgIpc) is 2.70. The normalized spacial score (nSPS) is 11.7. The zero-order valence-corrected chi connectivity index (χ0v) is 17.1. The molecule has 0 aromatic heterocycles. The van der Waals surface area contributed by atoms with Gasteiger partial charge in [-0.25, -0.2) is 5.43 Å². The zero-order valence-electron chi connectivity index (χ0n) is 16.4. The maximum absolute atomic E-state index is 12.0. The highest BCUT2D eigenvalue weighted by molar-refractivity contribution is 6.31. The lowest BCUT2D eigenvalue weighted by molar-refractivity contribution is -0.136. The van der Waals surface area contributed by atoms with Gasteiger partial charge in [-0.1, -0.05) is 48.9 Å². The van der Waals surface area contributed by atoms with E-state index in [1.54, 1.807) is 6.07 Å². The topological polar surface area (TPSA) is 61.9 Å². The number of amides is 2. The summed E-state index contributed by atoms with van der Waals surface area (Å²) in [5, 5.41) is 3.28. The summed E-state index contributed by atoms with van der Waals surface area (Å²) in [6.45, 7) is 5.92. The first-order chi connectivity index (χ1) is 13.5. The Morgan fingerprint density at radius 2 is 1.89 bits per heavy atom. The number of hydrogen-bond donors (Lipinski definition) is 1. The van der Waals surface area contributed by atoms with Crippen molar-refractivity contribution < 1.29 is 14.4 Å². The molecule has 0 fully saturated rings. The van der Waals surface area contributed by atoms with Crippen molar-refractivity contribution in [1.29, 1.82) is 0 Å². The molecule has 28 heavy (non-hydrogen) atoms. The molecule has 2 aromatic rings. The molecule has 0 bridgehead atoms. The highest BCUT2D eigenvalue weighted by Crippen LogP contribution is 2.16. The summed E-state index contributed by atoms with van der Waals surface area (Å²) < 4.78 is 0. The maximum atomic E-state index is 12.0. The summed E-state index contributed by atoms with van der Waals surface area (Å²) in [4.78, 5) is 29.1. The Bertz CT molecular complexity index is 783. The van der Waals surface area contributed by atoms with Crippen LogP contribution < -0.4 is 10.5 Å². The quantitative estimate of drug-likeness (QED) is 0.485. The van der Waals surface area contributed by atoms with Crippen LogP contribution in [-0.2, 0) is 27.4 Å². The van der Waals surface area contributed by atoms with Crippen molar-refractivity contribution in [3.05, 3.63) is 64.7 Å². The van der Waals surface area contributed by atoms with E-state index in [9.17, 15) is 9.59 Å². The van der Waals surface area contributed by atoms with Crippen molar-refractivity contribution in [2.45, 2.75) is 39.8 Å². The van der Waals surface area contributed by atoms with Gasteiger partial charge in [-0.15, -0.1) is 0 Å². The minimum Gasteiger partial charge on any atom is -0.276 e. The number of rotatable bonds is 10. The molecule has 0 saturated carbocycles. The van der Waals surface area contributed by atoms with E-state index in [0.717, 1.165) is 12.0 Å². The molecule has 0 aliphatic rings. The SMILES string of the molecule is CCc1ccc(N(C=O)OC[C@@H](C)N(NCc2ccccc2Cl)C(C)=O)cc1. The second-order valence-corrected chi connectivity index (χ2v) is 6.82. The number of hydroxylamine groups is 1. The third-order valence-electron chi connectivity index (χ3n) is 4.33. The van der Waals surface area contributed by atoms with Gasteiger partial charge in [0.15, 0.2) is 0 Å². The average molecular weight is 404 g/mol. The number of carbonyl (C=O) groups excluding carboxylic acids is 2. The summed E-state index contributed by atoms with van der Waals surface area (Å²) in [5.74, 6) is -0.159. The molecular weight excluding hydrogens is 378 g/mol. The fraction of sp³-hybridized carbons (Fsp3) is 0.333. The highest BCUT2D eigenvalue weighted by atomic mass is 35.5. The van der Waals surface area contributed by atoms with Gasteiger partial charge in [0.05, 0.1) is 18.3 Å². The first-order valence-electron chi connectivity index (χ1n) is 9.19. The van der Waals surface area contributed by atoms with Crippen LogP contribution in [0.1, 0.15) is 31.9 Å². The molecule has 2 aromatic carbocycles. The van der Waals surface area contributed by atoms with Crippen LogP contribution in [-0.4, -0.2) is 30.0 Å². The predicted octanol–water partition coefficient (Wildman–Crippen LogP) is 3.74. The number of nitrogens with one attached hydrogen (secondary N) is 1. The number of halogens is 1. The van der Waals surface area contributed by atoms with Crippen LogP contribution >= 0.6 is 11.6 Å². The fourth-order valence-electron chi connectivity index (χ4n) is 2.70. The molecule has 0 radical (unpaired) electrons. The fourth-order valence-corrected chi connectivity index (χ4v) is 2.90. The number of hydrazine groups is 1. The van der Waals surface area contributed by atoms with E-state index in [4.69, 9.17) is 16.4 Å². The van der Waals surface area contributed by atoms with Crippen LogP contribution in [0.25, 0.3) is 0 Å². The Labute approximate surface area is 171 Å². The van der Waals surface area contributed by atoms with Crippen molar-refractivity contribution >= 4 is 29.6 Å². The second kappa shape index (κ2) is 10.8. The number of anilines is 1. The van der Waals surface area contributed by atoms with Gasteiger partial charge in [-0.05, 0) is 42.7 Å². The van der Waals surface area contributed by atoms with Crippen molar-refractivity contribution in [1.82, 2.24) is 10.4 Å². The number of hydrogen-bond acceptors (Lipinski definition) is 4. The monoisotopic (exact) mass is 403 g/mol. The Balaban J connectivity index is 1.96. The summed E-state index contributed by atoms with van der Waals surface area (Å²) in [7, 11) is 0. The largest absolute Gasteiger partial charge is 0.276 e. The Morgan fingerprint density at radius 3 is 2.46 bits per heavy atom. The summed E-state index contributed by atoms with van der Waals surface area (Å²) in [6.07, 6.45) is 1.53. The molecule has 2 amide bonds. The standard InChI is InChI=1S/C21H26ClN3O3/c1-4-18-9-11-20(12-10-18)24(15-26)28-14-16(2)25(17(3)27)23-13-19-7-5-6-8-21(19)22/h5-12,15-16,23H,4,13-14H2,1-3H3/t16-/m1/s1. The first kappa shape index (κ1) is 21.9. The molecule has 0 aliphatic carbocycles. The number of carbonyl (C=O) groups is 2. The van der Waals surface area contributed by atoms with E-state index in [2.05, 4.69) is 12.3 Å². The minimum absolute atomic E-state index is 0.142. The van der Waals surface area contributed by atoms with Gasteiger partial charge >= 0.3 is 0 Å². The third kappa shape index (κ3) is 6.05. The lowest BCUT2D eigenvalue weighted by Gasteiger charge is -2.30. The molecule has 0 aliphatic heterocycles. The highest BCUT2D eigenvalue weighted by Gasteiger charge is 2.19. The molecule has 0 saturated heterocycles. The van der Waals surface area contributed by atoms with Crippen LogP contribution in [0.4, 0.5) is 5.69 Å². The van der Waals surface area contributed by atoms with Gasteiger partial charge in [0.2, 0.25) is 12.3 Å². The minimum atomic E-state index is -0.308. The third-order valence-corrected chi connectivity index (χ3v) is 4.70. The number of benzene rings is 2. The molecule has 0 spiro atoms. The predicted molar refractivity (Wildman–Crippen MR) is 111 cm³/mol. The van der Waals surface area contributed by atoms with Crippen LogP contribution in [0.5, 0.6) is 0 Å². The van der Waals surface area contributed by atoms with E-state index in [0.29, 0.717) is 23.7 Å². The Morgan fingerprint density at radius 1 is 1.21 bits per heavy atom. The number of nitrogens with zero attached hydrogens (tertiary/aromatic N) is 2. The molecular formula is C21H26ClN3O3. The van der Waals surface area contributed by atoms with Gasteiger partial charge < -0.3 is 0 Å². The van der Waals surface area contributed by atoms with E-state index >= 15 is 0 Å². The van der Waals surface area contributed by atoms with Crippen molar-refractivity contribution in [3.63, 3.8) is 0 Å². The van der Waals surface area contributed by atoms with Crippen molar-refractivity contribution in [2.75, 3.05) is 11.7 Å². The van der Waals surface area contributed by atoms with Gasteiger partial charge in [0.25, 0.3) is 0 Å². The molecule has 1 atom stereocenters. The van der Waals surface area contributed by atoms with E-state index in [1.165, 1.54) is 22.6 Å². The summed E-state index contributed by atoms with van der Waals surface area (Å²) >= 11 is 6.16. The van der Waals surface area contributed by atoms with Crippen LogP contribution in [0.3, 0.4) is 0 Å². The lowest BCUT2D eigenvalue weighted by atomic mass is 10.1. The Kier molecular flexibility index (Phi) is 8.44. The van der Waals surface area contributed by atoms with E-state index < -0.39 is 0 Å². The van der Waals surface area contributed by atoms with Gasteiger partial charge in [-0.2, -0.15) is 5.06 Å². The number of aryl methyl sites for hydroxylation is 1. The van der Waals surface area contributed by atoms with E-state index in [1.807, 2.05) is 49.4 Å². The smallest absolute Gasteiger partial charge is 0.238 e. The summed E-state index contributed by atoms with van der Waals surface area (Å²) in [6, 6.07) is 14.7. The molecule has 1 N–H and O–H groups in total. The van der Waals surface area contributed by atoms with Crippen molar-refractivity contribution in [3.8, 4) is 0 Å². The van der Waals surface area contributed by atoms with Crippen molar-refractivity contribution in [2.24, 2.45) is 0 Å². The second-order valence-electron chi connectivity index (χ2n) is 6.41. The first-order valence-corrected chi connectivity index (χ1v) is 9.57. The Hall–Kier alpha value is -2.41. The molecule has 0 unspecified atom stereocenters. The molecule has 2 rings (SSSR count). The lowest BCUT2D eigenvalue weighted by Crippen LogP contribution is -2.49. The maximum Gasteiger partial charge on any atom is 0.238 e. The molecule has 6 nitrogen and oxygen atoms in total. The van der Waals surface area contributed by atoms with Gasteiger partial charge in [-0.3, -0.25) is 19.4 Å². The molecule has 0 heterocycles. The van der Waals surface area contributed by atoms with Gasteiger partial charge in [0, 0.05) is 18.5 Å². The van der Waals surface area contributed by atoms with Crippen LogP contribution in [0.2, 0.25) is 5.02 Å². The van der Waals surface area contributed by atoms with Crippen LogP contribution in [0, 0.1) is 0 Å². The summed E-state index contributed by atoms with van der Waals surface area (Å²) in [5.41, 5.74) is 5.78. The van der Waals surface area contributed by atoms with Crippen LogP contribution in [0.15, 0.2) is 48.5 Å². The van der Waals surface area contributed by atoms with Gasteiger partial charge in [0.1, 0.15) is 0 Å². The zero-order chi connectivity index (χ0) is 20.5. The van der Waals surface area contributed by atoms with E-state index in [-0.39, 0.29) is 18.6 Å². The molecule has 150 valence electrons. The molecule has 7 heteroatoms.